The van der Waals surface area contributed by atoms with E-state index in [0.717, 1.165) is 5.56 Å². The topological polar surface area (TPSA) is 80.7 Å². The summed E-state index contributed by atoms with van der Waals surface area (Å²) in [7, 11) is 0. The van der Waals surface area contributed by atoms with E-state index in [4.69, 9.17) is 27.6 Å². The molecule has 0 saturated carbocycles. The van der Waals surface area contributed by atoms with Gasteiger partial charge in [0.1, 0.15) is 11.5 Å². The number of halogens is 2. The standard InChI is InChI=1S/C17H11Cl2N3O3/c18-11-1-7-15(16(19)9-11)17-8-6-14(25-17)10-20-21-12-2-4-13(5-3-12)22(23)24/h1-10,21H. The average molecular weight is 376 g/mol. The Morgan fingerprint density at radius 2 is 1.84 bits per heavy atom. The third kappa shape index (κ3) is 4.17. The number of hydrogen-bond donors (Lipinski definition) is 1. The molecule has 0 unspecified atom stereocenters. The molecule has 0 fully saturated rings. The van der Waals surface area contributed by atoms with Gasteiger partial charge in [0.25, 0.3) is 5.69 Å². The number of furan rings is 1. The Bertz CT molecular complexity index is 937. The molecule has 0 spiro atoms. The van der Waals surface area contributed by atoms with Gasteiger partial charge in [-0.05, 0) is 42.5 Å². The van der Waals surface area contributed by atoms with Crippen molar-refractivity contribution in [2.24, 2.45) is 5.10 Å². The highest BCUT2D eigenvalue weighted by Crippen LogP contribution is 2.31. The first-order chi connectivity index (χ1) is 12.0. The molecule has 0 aliphatic rings. The van der Waals surface area contributed by atoms with Crippen molar-refractivity contribution in [3.63, 3.8) is 0 Å². The molecule has 0 aliphatic carbocycles. The molecular weight excluding hydrogens is 365 g/mol. The highest BCUT2D eigenvalue weighted by molar-refractivity contribution is 6.36. The Hall–Kier alpha value is -2.83. The lowest BCUT2D eigenvalue weighted by atomic mass is 10.2. The summed E-state index contributed by atoms with van der Waals surface area (Å²) in [5.74, 6) is 1.12. The van der Waals surface area contributed by atoms with E-state index in [1.807, 2.05) is 0 Å². The van der Waals surface area contributed by atoms with Gasteiger partial charge >= 0.3 is 0 Å². The third-order valence-electron chi connectivity index (χ3n) is 3.29. The number of hydrogen-bond acceptors (Lipinski definition) is 5. The summed E-state index contributed by atoms with van der Waals surface area (Å²) in [5.41, 5.74) is 4.14. The van der Waals surface area contributed by atoms with E-state index >= 15 is 0 Å². The van der Waals surface area contributed by atoms with Crippen molar-refractivity contribution in [1.29, 1.82) is 0 Å². The Morgan fingerprint density at radius 1 is 1.08 bits per heavy atom. The summed E-state index contributed by atoms with van der Waals surface area (Å²) in [6, 6.07) is 14.6. The van der Waals surface area contributed by atoms with Crippen LogP contribution in [0.25, 0.3) is 11.3 Å². The second kappa shape index (κ2) is 7.38. The zero-order valence-electron chi connectivity index (χ0n) is 12.6. The molecular formula is C17H11Cl2N3O3. The molecule has 25 heavy (non-hydrogen) atoms. The average Bonchev–Trinajstić information content (AvgIpc) is 3.04. The van der Waals surface area contributed by atoms with Gasteiger partial charge < -0.3 is 4.42 Å². The molecule has 126 valence electrons. The van der Waals surface area contributed by atoms with Crippen LogP contribution in [-0.2, 0) is 0 Å². The first kappa shape index (κ1) is 17.0. The first-order valence-electron chi connectivity index (χ1n) is 7.12. The number of nitrogens with zero attached hydrogens (tertiary/aromatic N) is 2. The van der Waals surface area contributed by atoms with Crippen LogP contribution in [0.5, 0.6) is 0 Å². The van der Waals surface area contributed by atoms with Crippen LogP contribution < -0.4 is 5.43 Å². The van der Waals surface area contributed by atoms with E-state index in [9.17, 15) is 10.1 Å². The van der Waals surface area contributed by atoms with Gasteiger partial charge in [0, 0.05) is 22.7 Å². The Balaban J connectivity index is 1.68. The number of nitrogens with one attached hydrogen (secondary N) is 1. The van der Waals surface area contributed by atoms with Crippen molar-refractivity contribution in [3.05, 3.63) is 80.5 Å². The molecule has 0 amide bonds. The van der Waals surface area contributed by atoms with Crippen LogP contribution in [0, 0.1) is 10.1 Å². The molecule has 0 radical (unpaired) electrons. The van der Waals surface area contributed by atoms with E-state index in [1.165, 1.54) is 18.3 Å². The maximum Gasteiger partial charge on any atom is 0.269 e. The Kier molecular flexibility index (Phi) is 5.02. The zero-order chi connectivity index (χ0) is 17.8. The molecule has 0 saturated heterocycles. The second-order valence-electron chi connectivity index (χ2n) is 5.00. The largest absolute Gasteiger partial charge is 0.455 e. The molecule has 1 heterocycles. The fourth-order valence-corrected chi connectivity index (χ4v) is 2.59. The molecule has 1 aromatic heterocycles. The van der Waals surface area contributed by atoms with Crippen molar-refractivity contribution in [1.82, 2.24) is 0 Å². The SMILES string of the molecule is O=[N+]([O-])c1ccc(NN=Cc2ccc(-c3ccc(Cl)cc3Cl)o2)cc1. The maximum atomic E-state index is 10.6. The highest BCUT2D eigenvalue weighted by Gasteiger charge is 2.08. The van der Waals surface area contributed by atoms with Crippen LogP contribution >= 0.6 is 23.2 Å². The quantitative estimate of drug-likeness (QED) is 0.357. The van der Waals surface area contributed by atoms with Gasteiger partial charge in [-0.2, -0.15) is 5.10 Å². The van der Waals surface area contributed by atoms with Crippen molar-refractivity contribution in [3.8, 4) is 11.3 Å². The van der Waals surface area contributed by atoms with E-state index in [1.54, 1.807) is 42.5 Å². The third-order valence-corrected chi connectivity index (χ3v) is 3.83. The van der Waals surface area contributed by atoms with Gasteiger partial charge in [0.15, 0.2) is 0 Å². The van der Waals surface area contributed by atoms with E-state index < -0.39 is 4.92 Å². The van der Waals surface area contributed by atoms with Crippen molar-refractivity contribution >= 4 is 40.8 Å². The highest BCUT2D eigenvalue weighted by atomic mass is 35.5. The minimum absolute atomic E-state index is 0.0186. The number of benzene rings is 2. The number of non-ortho nitro benzene ring substituents is 1. The van der Waals surface area contributed by atoms with Gasteiger partial charge in [-0.1, -0.05) is 23.2 Å². The van der Waals surface area contributed by atoms with Crippen LogP contribution in [0.2, 0.25) is 10.0 Å². The molecule has 6 nitrogen and oxygen atoms in total. The lowest BCUT2D eigenvalue weighted by Gasteiger charge is -2.01. The van der Waals surface area contributed by atoms with Crippen LogP contribution in [0.4, 0.5) is 11.4 Å². The predicted octanol–water partition coefficient (Wildman–Crippen LogP) is 5.61. The second-order valence-corrected chi connectivity index (χ2v) is 5.84. The number of rotatable bonds is 5. The molecule has 2 aromatic carbocycles. The molecule has 0 atom stereocenters. The number of anilines is 1. The van der Waals surface area contributed by atoms with Gasteiger partial charge in [0.2, 0.25) is 0 Å². The van der Waals surface area contributed by atoms with Gasteiger partial charge in [-0.25, -0.2) is 0 Å². The summed E-state index contributed by atoms with van der Waals surface area (Å²) in [4.78, 5) is 10.1. The van der Waals surface area contributed by atoms with Crippen LogP contribution in [0.15, 0.2) is 64.1 Å². The summed E-state index contributed by atoms with van der Waals surface area (Å²) in [6.07, 6.45) is 1.49. The predicted molar refractivity (Wildman–Crippen MR) is 98.5 cm³/mol. The van der Waals surface area contributed by atoms with Crippen LogP contribution in [0.3, 0.4) is 0 Å². The van der Waals surface area contributed by atoms with Crippen molar-refractivity contribution in [2.75, 3.05) is 5.43 Å². The molecule has 8 heteroatoms. The van der Waals surface area contributed by atoms with E-state index in [0.29, 0.717) is 27.3 Å². The maximum absolute atomic E-state index is 10.6. The first-order valence-corrected chi connectivity index (χ1v) is 7.87. The van der Waals surface area contributed by atoms with Crippen molar-refractivity contribution in [2.45, 2.75) is 0 Å². The fraction of sp³-hybridized carbons (Fsp3) is 0. The van der Waals surface area contributed by atoms with Crippen molar-refractivity contribution < 1.29 is 9.34 Å². The Morgan fingerprint density at radius 3 is 2.52 bits per heavy atom. The molecule has 0 bridgehead atoms. The summed E-state index contributed by atoms with van der Waals surface area (Å²) in [5, 5.41) is 15.7. The van der Waals surface area contributed by atoms with Gasteiger partial charge in [-0.15, -0.1) is 0 Å². The summed E-state index contributed by atoms with van der Waals surface area (Å²) < 4.78 is 5.67. The van der Waals surface area contributed by atoms with Crippen LogP contribution in [-0.4, -0.2) is 11.1 Å². The summed E-state index contributed by atoms with van der Waals surface area (Å²) >= 11 is 12.0. The minimum Gasteiger partial charge on any atom is -0.455 e. The van der Waals surface area contributed by atoms with Crippen LogP contribution in [0.1, 0.15) is 5.76 Å². The number of hydrazone groups is 1. The zero-order valence-corrected chi connectivity index (χ0v) is 14.2. The lowest BCUT2D eigenvalue weighted by Crippen LogP contribution is -1.91. The normalized spacial score (nSPS) is 11.0. The van der Waals surface area contributed by atoms with Gasteiger partial charge in [-0.3, -0.25) is 15.5 Å². The molecule has 1 N–H and O–H groups in total. The Labute approximate surface area is 152 Å². The van der Waals surface area contributed by atoms with Gasteiger partial charge in [0.05, 0.1) is 21.8 Å². The number of nitro benzene ring substituents is 1. The fourth-order valence-electron chi connectivity index (χ4n) is 2.08. The minimum atomic E-state index is -0.459. The monoisotopic (exact) mass is 375 g/mol. The number of nitro groups is 1. The smallest absolute Gasteiger partial charge is 0.269 e. The molecule has 3 rings (SSSR count). The molecule has 3 aromatic rings. The lowest BCUT2D eigenvalue weighted by molar-refractivity contribution is -0.384. The summed E-state index contributed by atoms with van der Waals surface area (Å²) in [6.45, 7) is 0. The van der Waals surface area contributed by atoms with E-state index in [2.05, 4.69) is 10.5 Å². The van der Waals surface area contributed by atoms with E-state index in [-0.39, 0.29) is 5.69 Å². The molecule has 0 aliphatic heterocycles.